The van der Waals surface area contributed by atoms with E-state index in [1.165, 1.54) is 7.05 Å². The van der Waals surface area contributed by atoms with Gasteiger partial charge in [0.2, 0.25) is 5.91 Å². The maximum atomic E-state index is 11.3. The van der Waals surface area contributed by atoms with Gasteiger partial charge in [-0.15, -0.1) is 0 Å². The zero-order valence-electron chi connectivity index (χ0n) is 9.55. The van der Waals surface area contributed by atoms with Crippen LogP contribution in [0.3, 0.4) is 0 Å². The molecule has 0 aromatic rings. The van der Waals surface area contributed by atoms with Gasteiger partial charge in [0, 0.05) is 13.6 Å². The minimum Gasteiger partial charge on any atom is -0.389 e. The van der Waals surface area contributed by atoms with Crippen LogP contribution in [0.4, 0.5) is 4.79 Å². The normalized spacial score (nSPS) is 13.1. The largest absolute Gasteiger partial charge is 0.389 e. The van der Waals surface area contributed by atoms with Crippen LogP contribution in [0.25, 0.3) is 0 Å². The molecule has 15 heavy (non-hydrogen) atoms. The Bertz CT molecular complexity index is 235. The standard InChI is InChI=1S/C9H19N3O3/c1-6(11-5-9(2,3)15)7(13)12-8(14)10-4/h6,11,15H,5H2,1-4H3,(H2,10,12,13,14). The van der Waals surface area contributed by atoms with E-state index in [4.69, 9.17) is 0 Å². The van der Waals surface area contributed by atoms with E-state index >= 15 is 0 Å². The molecule has 6 heteroatoms. The zero-order valence-corrected chi connectivity index (χ0v) is 9.55. The van der Waals surface area contributed by atoms with Gasteiger partial charge in [0.25, 0.3) is 0 Å². The van der Waals surface area contributed by atoms with Gasteiger partial charge in [0.05, 0.1) is 11.6 Å². The first-order chi connectivity index (χ1) is 6.76. The molecule has 0 radical (unpaired) electrons. The zero-order chi connectivity index (χ0) is 12.1. The number of nitrogens with one attached hydrogen (secondary N) is 3. The predicted molar refractivity (Wildman–Crippen MR) is 56.4 cm³/mol. The fourth-order valence-corrected chi connectivity index (χ4v) is 0.778. The molecule has 0 saturated carbocycles. The van der Waals surface area contributed by atoms with Crippen molar-refractivity contribution >= 4 is 11.9 Å². The number of imide groups is 1. The Kier molecular flexibility index (Phi) is 5.24. The molecule has 0 aromatic carbocycles. The van der Waals surface area contributed by atoms with Gasteiger partial charge in [-0.1, -0.05) is 0 Å². The second-order valence-corrected chi connectivity index (χ2v) is 3.98. The van der Waals surface area contributed by atoms with E-state index in [1.54, 1.807) is 20.8 Å². The molecule has 6 nitrogen and oxygen atoms in total. The van der Waals surface area contributed by atoms with Gasteiger partial charge in [-0.25, -0.2) is 4.79 Å². The van der Waals surface area contributed by atoms with E-state index in [2.05, 4.69) is 16.0 Å². The van der Waals surface area contributed by atoms with Gasteiger partial charge in [0.15, 0.2) is 0 Å². The molecule has 3 amide bonds. The third-order valence-electron chi connectivity index (χ3n) is 1.70. The van der Waals surface area contributed by atoms with Gasteiger partial charge >= 0.3 is 6.03 Å². The number of carbonyl (C=O) groups is 2. The molecule has 0 aliphatic rings. The summed E-state index contributed by atoms with van der Waals surface area (Å²) in [5.74, 6) is -0.432. The summed E-state index contributed by atoms with van der Waals surface area (Å²) in [6.07, 6.45) is 0. The molecule has 0 aromatic heterocycles. The molecule has 0 aliphatic heterocycles. The van der Waals surface area contributed by atoms with Crippen LogP contribution in [-0.4, -0.2) is 42.3 Å². The van der Waals surface area contributed by atoms with E-state index in [-0.39, 0.29) is 6.54 Å². The molecule has 4 N–H and O–H groups in total. The fourth-order valence-electron chi connectivity index (χ4n) is 0.778. The fraction of sp³-hybridized carbons (Fsp3) is 0.778. The summed E-state index contributed by atoms with van der Waals surface area (Å²) in [7, 11) is 1.43. The molecular weight excluding hydrogens is 198 g/mol. The van der Waals surface area contributed by atoms with Gasteiger partial charge in [-0.2, -0.15) is 0 Å². The Hall–Kier alpha value is -1.14. The van der Waals surface area contributed by atoms with Crippen molar-refractivity contribution in [3.05, 3.63) is 0 Å². The molecule has 88 valence electrons. The van der Waals surface area contributed by atoms with E-state index in [0.29, 0.717) is 0 Å². The van der Waals surface area contributed by atoms with E-state index in [1.807, 2.05) is 0 Å². The molecule has 0 fully saturated rings. The SMILES string of the molecule is CNC(=O)NC(=O)C(C)NCC(C)(C)O. The van der Waals surface area contributed by atoms with Crippen LogP contribution in [0.5, 0.6) is 0 Å². The van der Waals surface area contributed by atoms with Crippen LogP contribution in [0.15, 0.2) is 0 Å². The highest BCUT2D eigenvalue weighted by molar-refractivity contribution is 5.96. The van der Waals surface area contributed by atoms with Crippen molar-refractivity contribution in [1.82, 2.24) is 16.0 Å². The predicted octanol–water partition coefficient (Wildman–Crippen LogP) is -0.809. The number of hydrogen-bond donors (Lipinski definition) is 4. The van der Waals surface area contributed by atoms with E-state index in [9.17, 15) is 14.7 Å². The van der Waals surface area contributed by atoms with Crippen molar-refractivity contribution in [3.63, 3.8) is 0 Å². The van der Waals surface area contributed by atoms with Crippen molar-refractivity contribution in [2.45, 2.75) is 32.4 Å². The minimum absolute atomic E-state index is 0.273. The molecule has 1 atom stereocenters. The van der Waals surface area contributed by atoms with Crippen molar-refractivity contribution in [2.75, 3.05) is 13.6 Å². The molecule has 0 rings (SSSR count). The van der Waals surface area contributed by atoms with E-state index < -0.39 is 23.6 Å². The van der Waals surface area contributed by atoms with Crippen LogP contribution in [-0.2, 0) is 4.79 Å². The minimum atomic E-state index is -0.887. The molecule has 0 bridgehead atoms. The number of aliphatic hydroxyl groups is 1. The average molecular weight is 217 g/mol. The van der Waals surface area contributed by atoms with Crippen LogP contribution in [0.2, 0.25) is 0 Å². The van der Waals surface area contributed by atoms with Gasteiger partial charge < -0.3 is 15.7 Å². The Morgan fingerprint density at radius 2 is 1.93 bits per heavy atom. The number of amides is 3. The summed E-state index contributed by atoms with van der Waals surface area (Å²) in [6.45, 7) is 5.14. The lowest BCUT2D eigenvalue weighted by atomic mass is 10.1. The number of rotatable bonds is 4. The average Bonchev–Trinajstić information content (AvgIpc) is 2.12. The smallest absolute Gasteiger partial charge is 0.321 e. The van der Waals surface area contributed by atoms with E-state index in [0.717, 1.165) is 0 Å². The lowest BCUT2D eigenvalue weighted by Gasteiger charge is -2.20. The summed E-state index contributed by atoms with van der Waals surface area (Å²) >= 11 is 0. The van der Waals surface area contributed by atoms with Crippen LogP contribution in [0, 0.1) is 0 Å². The second kappa shape index (κ2) is 5.67. The van der Waals surface area contributed by atoms with Crippen LogP contribution in [0.1, 0.15) is 20.8 Å². The van der Waals surface area contributed by atoms with Gasteiger partial charge in [0.1, 0.15) is 0 Å². The third kappa shape index (κ3) is 6.87. The van der Waals surface area contributed by atoms with Crippen molar-refractivity contribution in [2.24, 2.45) is 0 Å². The summed E-state index contributed by atoms with van der Waals surface area (Å²) in [5, 5.41) is 16.6. The second-order valence-electron chi connectivity index (χ2n) is 3.98. The number of carbonyl (C=O) groups excluding carboxylic acids is 2. The Balaban J connectivity index is 3.95. The lowest BCUT2D eigenvalue weighted by molar-refractivity contribution is -0.121. The summed E-state index contributed by atoms with van der Waals surface area (Å²) in [4.78, 5) is 22.1. The quantitative estimate of drug-likeness (QED) is 0.496. The summed E-state index contributed by atoms with van der Waals surface area (Å²) in [5.41, 5.74) is -0.887. The van der Waals surface area contributed by atoms with Crippen molar-refractivity contribution in [1.29, 1.82) is 0 Å². The van der Waals surface area contributed by atoms with Gasteiger partial charge in [-0.05, 0) is 20.8 Å². The monoisotopic (exact) mass is 217 g/mol. The number of urea groups is 1. The highest BCUT2D eigenvalue weighted by Crippen LogP contribution is 1.98. The van der Waals surface area contributed by atoms with Crippen LogP contribution >= 0.6 is 0 Å². The number of hydrogen-bond acceptors (Lipinski definition) is 4. The van der Waals surface area contributed by atoms with Crippen molar-refractivity contribution < 1.29 is 14.7 Å². The molecule has 0 saturated heterocycles. The molecular formula is C9H19N3O3. The summed E-state index contributed by atoms with van der Waals surface area (Å²) in [6, 6.07) is -1.08. The Morgan fingerprint density at radius 3 is 2.33 bits per heavy atom. The summed E-state index contributed by atoms with van der Waals surface area (Å²) < 4.78 is 0. The lowest BCUT2D eigenvalue weighted by Crippen LogP contribution is -2.50. The first kappa shape index (κ1) is 13.9. The highest BCUT2D eigenvalue weighted by Gasteiger charge is 2.18. The Labute approximate surface area is 89.4 Å². The molecule has 0 aliphatic carbocycles. The topological polar surface area (TPSA) is 90.5 Å². The molecule has 1 unspecified atom stereocenters. The van der Waals surface area contributed by atoms with Crippen molar-refractivity contribution in [3.8, 4) is 0 Å². The maximum Gasteiger partial charge on any atom is 0.321 e. The maximum absolute atomic E-state index is 11.3. The molecule has 0 heterocycles. The molecule has 0 spiro atoms. The third-order valence-corrected chi connectivity index (χ3v) is 1.70. The first-order valence-electron chi connectivity index (χ1n) is 4.74. The Morgan fingerprint density at radius 1 is 1.40 bits per heavy atom. The first-order valence-corrected chi connectivity index (χ1v) is 4.74. The van der Waals surface area contributed by atoms with Crippen LogP contribution < -0.4 is 16.0 Å². The van der Waals surface area contributed by atoms with Gasteiger partial charge in [-0.3, -0.25) is 10.1 Å². The highest BCUT2D eigenvalue weighted by atomic mass is 16.3.